The van der Waals surface area contributed by atoms with E-state index < -0.39 is 0 Å². The molecule has 0 aromatic heterocycles. The van der Waals surface area contributed by atoms with Crippen molar-refractivity contribution >= 4 is 0 Å². The molecule has 5 heavy (non-hydrogen) atoms. The molecule has 1 radical (unpaired) electrons. The van der Waals surface area contributed by atoms with Crippen molar-refractivity contribution in [2.75, 3.05) is 6.61 Å². The predicted molar refractivity (Wildman–Crippen MR) is 17.3 cm³/mol. The lowest BCUT2D eigenvalue weighted by molar-refractivity contribution is 0.279. The van der Waals surface area contributed by atoms with Crippen molar-refractivity contribution in [3.63, 3.8) is 0 Å². The van der Waals surface area contributed by atoms with Gasteiger partial charge in [0, 0.05) is 0 Å². The van der Waals surface area contributed by atoms with E-state index in [4.69, 9.17) is 0 Å². The summed E-state index contributed by atoms with van der Waals surface area (Å²) in [6, 6.07) is 0. The van der Waals surface area contributed by atoms with Gasteiger partial charge in [-0.15, -0.1) is 0 Å². The summed E-state index contributed by atoms with van der Waals surface area (Å²) in [5.41, 5.74) is 2.62. The Kier molecular flexibility index (Phi) is 0.489. The molecule has 25 valence electrons. The van der Waals surface area contributed by atoms with Gasteiger partial charge in [0.05, 0.1) is 0 Å². The van der Waals surface area contributed by atoms with E-state index in [1.54, 1.807) is 6.08 Å². The van der Waals surface area contributed by atoms with Crippen molar-refractivity contribution in [3.05, 3.63) is 18.1 Å². The van der Waals surface area contributed by atoms with E-state index in [-0.39, 0.29) is 0 Å². The molecule has 1 aliphatic heterocycles. The Labute approximate surface area is 30.6 Å². The van der Waals surface area contributed by atoms with Crippen LogP contribution < -0.4 is 0 Å². The van der Waals surface area contributed by atoms with Crippen LogP contribution in [-0.2, 0) is 4.74 Å². The van der Waals surface area contributed by atoms with Gasteiger partial charge in [0.15, 0.2) is 0 Å². The summed E-state index contributed by atoms with van der Waals surface area (Å²) in [7, 11) is 0. The van der Waals surface area contributed by atoms with Crippen molar-refractivity contribution in [2.45, 2.75) is 0 Å². The number of hydrogen-bond acceptors (Lipinski definition) is 1. The Morgan fingerprint density at radius 1 is 1.80 bits per heavy atom. The lowest BCUT2D eigenvalue weighted by Crippen LogP contribution is -1.69. The zero-order valence-corrected chi connectivity index (χ0v) is 2.69. The van der Waals surface area contributed by atoms with E-state index in [0.717, 1.165) is 0 Å². The van der Waals surface area contributed by atoms with E-state index in [1.807, 2.05) is 0 Å². The average molecular weight is 67.1 g/mol. The Bertz CT molecular complexity index is 69.6. The minimum absolute atomic E-state index is 0.653. The van der Waals surface area contributed by atoms with Crippen molar-refractivity contribution < 1.29 is 4.74 Å². The summed E-state index contributed by atoms with van der Waals surface area (Å²) in [5.74, 6) is 0. The third-order valence-electron chi connectivity index (χ3n) is 0.400. The molecule has 1 heterocycles. The number of rotatable bonds is 0. The maximum Gasteiger partial charge on any atom is 0.213 e. The summed E-state index contributed by atoms with van der Waals surface area (Å²) < 4.78 is 4.53. The Balaban J connectivity index is 2.64. The fourth-order valence-corrected chi connectivity index (χ4v) is 0.208. The van der Waals surface area contributed by atoms with Crippen LogP contribution in [0.4, 0.5) is 0 Å². The molecule has 1 nitrogen and oxygen atoms in total. The van der Waals surface area contributed by atoms with E-state index in [1.165, 1.54) is 0 Å². The van der Waals surface area contributed by atoms with Gasteiger partial charge in [0.1, 0.15) is 6.61 Å². The molecule has 0 spiro atoms. The van der Waals surface area contributed by atoms with Crippen LogP contribution in [0.2, 0.25) is 0 Å². The largest absolute Gasteiger partial charge is 0.478 e. The molecular formula is C4H3O. The minimum atomic E-state index is 0.653. The van der Waals surface area contributed by atoms with Gasteiger partial charge >= 0.3 is 0 Å². The van der Waals surface area contributed by atoms with Gasteiger partial charge < -0.3 is 4.74 Å². The van der Waals surface area contributed by atoms with Crippen molar-refractivity contribution in [1.29, 1.82) is 0 Å². The standard InChI is InChI=1S/C4H3O/c1-2-4-5-3-1/h1H,3H2. The molecule has 0 N–H and O–H groups in total. The molecule has 0 atom stereocenters. The quantitative estimate of drug-likeness (QED) is 0.374. The fraction of sp³-hybridized carbons (Fsp3) is 0.250. The molecule has 0 amide bonds. The summed E-state index contributed by atoms with van der Waals surface area (Å²) in [6.45, 7) is 0.653. The Morgan fingerprint density at radius 2 is 2.80 bits per heavy atom. The number of ether oxygens (including phenoxy) is 1. The highest BCUT2D eigenvalue weighted by Gasteiger charge is 1.76. The van der Waals surface area contributed by atoms with Gasteiger partial charge in [-0.05, 0) is 6.08 Å². The first-order chi connectivity index (χ1) is 2.50. The third kappa shape index (κ3) is 0.310. The lowest BCUT2D eigenvalue weighted by atomic mass is 10.7. The first-order valence-electron chi connectivity index (χ1n) is 1.44. The molecule has 0 bridgehead atoms. The number of hydrogen-bond donors (Lipinski definition) is 0. The average Bonchev–Trinajstić information content (AvgIpc) is 1.76. The topological polar surface area (TPSA) is 9.23 Å². The smallest absolute Gasteiger partial charge is 0.213 e. The van der Waals surface area contributed by atoms with Gasteiger partial charge in [-0.25, -0.2) is 0 Å². The van der Waals surface area contributed by atoms with Crippen LogP contribution in [0.3, 0.4) is 0 Å². The second-order valence-electron chi connectivity index (χ2n) is 0.762. The Morgan fingerprint density at radius 3 is 3.00 bits per heavy atom. The molecule has 0 unspecified atom stereocenters. The molecule has 0 aromatic carbocycles. The van der Waals surface area contributed by atoms with Crippen LogP contribution in [0.25, 0.3) is 0 Å². The van der Waals surface area contributed by atoms with E-state index >= 15 is 0 Å². The highest BCUT2D eigenvalue weighted by Crippen LogP contribution is 1.80. The molecule has 1 aliphatic rings. The molecule has 1 heteroatoms. The van der Waals surface area contributed by atoms with Crippen molar-refractivity contribution in [2.24, 2.45) is 0 Å². The monoisotopic (exact) mass is 67.0 g/mol. The first kappa shape index (κ1) is 2.55. The fourth-order valence-electron chi connectivity index (χ4n) is 0.208. The van der Waals surface area contributed by atoms with Crippen LogP contribution in [0.5, 0.6) is 0 Å². The molecule has 0 saturated heterocycles. The Hall–Kier alpha value is -0.680. The molecule has 1 rings (SSSR count). The van der Waals surface area contributed by atoms with Gasteiger partial charge in [-0.3, -0.25) is 0 Å². The second-order valence-corrected chi connectivity index (χ2v) is 0.762. The van der Waals surface area contributed by atoms with Crippen molar-refractivity contribution in [1.82, 2.24) is 0 Å². The van der Waals surface area contributed by atoms with Crippen LogP contribution in [-0.4, -0.2) is 6.61 Å². The SMILES string of the molecule is [C]1=C=CCO1. The molecule has 0 aliphatic carbocycles. The summed E-state index contributed by atoms with van der Waals surface area (Å²) >= 11 is 0. The normalized spacial score (nSPS) is 16.0. The summed E-state index contributed by atoms with van der Waals surface area (Å²) in [4.78, 5) is 0. The maximum atomic E-state index is 4.53. The maximum absolute atomic E-state index is 4.53. The van der Waals surface area contributed by atoms with E-state index in [9.17, 15) is 0 Å². The molecular weight excluding hydrogens is 64.0 g/mol. The predicted octanol–water partition coefficient (Wildman–Crippen LogP) is 0.489. The molecule has 0 saturated carbocycles. The van der Waals surface area contributed by atoms with Crippen molar-refractivity contribution in [3.8, 4) is 0 Å². The van der Waals surface area contributed by atoms with Crippen LogP contribution in [0.1, 0.15) is 0 Å². The third-order valence-corrected chi connectivity index (χ3v) is 0.400. The van der Waals surface area contributed by atoms with E-state index in [0.29, 0.717) is 6.61 Å². The van der Waals surface area contributed by atoms with E-state index in [2.05, 4.69) is 16.7 Å². The van der Waals surface area contributed by atoms with Gasteiger partial charge in [0.2, 0.25) is 6.26 Å². The highest BCUT2D eigenvalue weighted by molar-refractivity contribution is 4.80. The summed E-state index contributed by atoms with van der Waals surface area (Å²) in [5, 5.41) is 0. The zero-order valence-electron chi connectivity index (χ0n) is 2.69. The molecule has 0 aromatic rings. The summed E-state index contributed by atoms with van der Waals surface area (Å²) in [6.07, 6.45) is 4.19. The first-order valence-corrected chi connectivity index (χ1v) is 1.44. The zero-order chi connectivity index (χ0) is 3.54. The minimum Gasteiger partial charge on any atom is -0.478 e. The van der Waals surface area contributed by atoms with Crippen LogP contribution >= 0.6 is 0 Å². The highest BCUT2D eigenvalue weighted by atomic mass is 16.5. The van der Waals surface area contributed by atoms with Gasteiger partial charge in [0.25, 0.3) is 0 Å². The second kappa shape index (κ2) is 0.958. The van der Waals surface area contributed by atoms with Crippen LogP contribution in [0.15, 0.2) is 11.8 Å². The van der Waals surface area contributed by atoms with Crippen LogP contribution in [0, 0.1) is 6.26 Å². The van der Waals surface area contributed by atoms with Gasteiger partial charge in [-0.2, -0.15) is 0 Å². The lowest BCUT2D eigenvalue weighted by Gasteiger charge is -1.76. The molecule has 0 fully saturated rings. The van der Waals surface area contributed by atoms with Gasteiger partial charge in [-0.1, -0.05) is 5.73 Å².